The first-order chi connectivity index (χ1) is 15.6. The minimum atomic E-state index is -1.30. The Hall–Kier alpha value is -2.32. The van der Waals surface area contributed by atoms with Gasteiger partial charge in [0.15, 0.2) is 30.9 Å². The van der Waals surface area contributed by atoms with E-state index in [1.807, 2.05) is 0 Å². The zero-order valence-electron chi connectivity index (χ0n) is 18.5. The third-order valence-electron chi connectivity index (χ3n) is 5.49. The fourth-order valence-corrected chi connectivity index (χ4v) is 4.23. The number of carbonyl (C=O) groups is 4. The lowest BCUT2D eigenvalue weighted by Crippen LogP contribution is -2.64. The summed E-state index contributed by atoms with van der Waals surface area (Å²) in [7, 11) is 0. The molecule has 4 aliphatic rings. The molecule has 2 bridgehead atoms. The van der Waals surface area contributed by atoms with Crippen LogP contribution in [0.4, 0.5) is 0 Å². The molecule has 4 fully saturated rings. The summed E-state index contributed by atoms with van der Waals surface area (Å²) >= 11 is 0. The maximum atomic E-state index is 11.9. The van der Waals surface area contributed by atoms with Crippen molar-refractivity contribution in [2.24, 2.45) is 0 Å². The van der Waals surface area contributed by atoms with Crippen molar-refractivity contribution in [1.29, 1.82) is 0 Å². The van der Waals surface area contributed by atoms with Gasteiger partial charge in [-0.25, -0.2) is 0 Å². The zero-order valence-corrected chi connectivity index (χ0v) is 18.5. The number of esters is 4. The van der Waals surface area contributed by atoms with Crippen molar-refractivity contribution in [1.82, 2.24) is 0 Å². The van der Waals surface area contributed by atoms with Gasteiger partial charge in [0.2, 0.25) is 0 Å². The first kappa shape index (κ1) is 23.8. The highest BCUT2D eigenvalue weighted by atomic mass is 16.8. The molecule has 0 aliphatic carbocycles. The van der Waals surface area contributed by atoms with Gasteiger partial charge < -0.3 is 42.6 Å². The first-order valence-electron chi connectivity index (χ1n) is 10.5. The standard InChI is InChI=1S/C20H26O13/c1-7(21)25-5-11-13(27-8(2)22)15(28-9(3)23)18(29-10(4)24)20(31-11)33-14-12-6-26-19(30-12)17-16(14)32-17/h11-20H,5-6H2,1-4H3. The van der Waals surface area contributed by atoms with Crippen LogP contribution >= 0.6 is 0 Å². The highest BCUT2D eigenvalue weighted by Crippen LogP contribution is 2.44. The van der Waals surface area contributed by atoms with Gasteiger partial charge in [-0.1, -0.05) is 0 Å². The summed E-state index contributed by atoms with van der Waals surface area (Å²) in [6.07, 6.45) is -8.39. The summed E-state index contributed by atoms with van der Waals surface area (Å²) in [6, 6.07) is 0. The maximum Gasteiger partial charge on any atom is 0.303 e. The Morgan fingerprint density at radius 3 is 2.00 bits per heavy atom. The lowest BCUT2D eigenvalue weighted by Gasteiger charge is -2.45. The molecule has 4 rings (SSSR count). The Kier molecular flexibility index (Phi) is 6.86. The molecule has 0 spiro atoms. The van der Waals surface area contributed by atoms with Crippen molar-refractivity contribution in [2.75, 3.05) is 13.2 Å². The van der Waals surface area contributed by atoms with Crippen molar-refractivity contribution in [3.8, 4) is 0 Å². The highest BCUT2D eigenvalue weighted by Gasteiger charge is 2.64. The Labute approximate surface area is 188 Å². The molecule has 0 amide bonds. The third kappa shape index (κ3) is 5.27. The number of hydrogen-bond acceptors (Lipinski definition) is 13. The van der Waals surface area contributed by atoms with Crippen LogP contribution in [0.5, 0.6) is 0 Å². The largest absolute Gasteiger partial charge is 0.463 e. The van der Waals surface area contributed by atoms with E-state index in [0.717, 1.165) is 20.8 Å². The van der Waals surface area contributed by atoms with Crippen LogP contribution in [0, 0.1) is 0 Å². The van der Waals surface area contributed by atoms with Crippen LogP contribution in [0.15, 0.2) is 0 Å². The molecule has 0 N–H and O–H groups in total. The van der Waals surface area contributed by atoms with E-state index in [1.165, 1.54) is 6.92 Å². The molecule has 0 radical (unpaired) electrons. The zero-order chi connectivity index (χ0) is 23.9. The van der Waals surface area contributed by atoms with E-state index in [9.17, 15) is 19.2 Å². The molecule has 13 nitrogen and oxygen atoms in total. The van der Waals surface area contributed by atoms with Gasteiger partial charge in [0.05, 0.1) is 6.61 Å². The molecule has 4 heterocycles. The van der Waals surface area contributed by atoms with Crippen LogP contribution in [0.25, 0.3) is 0 Å². The fraction of sp³-hybridized carbons (Fsp3) is 0.800. The van der Waals surface area contributed by atoms with E-state index < -0.39 is 73.1 Å². The van der Waals surface area contributed by atoms with Crippen LogP contribution in [-0.4, -0.2) is 98.5 Å². The van der Waals surface area contributed by atoms with E-state index in [0.29, 0.717) is 0 Å². The Balaban J connectivity index is 1.62. The van der Waals surface area contributed by atoms with Gasteiger partial charge in [-0.2, -0.15) is 0 Å². The summed E-state index contributed by atoms with van der Waals surface area (Å²) in [6.45, 7) is 4.59. The van der Waals surface area contributed by atoms with Gasteiger partial charge in [0, 0.05) is 27.7 Å². The summed E-state index contributed by atoms with van der Waals surface area (Å²) < 4.78 is 50.1. The van der Waals surface area contributed by atoms with Crippen LogP contribution < -0.4 is 0 Å². The van der Waals surface area contributed by atoms with Crippen LogP contribution in [-0.2, 0) is 61.8 Å². The fourth-order valence-electron chi connectivity index (χ4n) is 4.23. The third-order valence-corrected chi connectivity index (χ3v) is 5.49. The van der Waals surface area contributed by atoms with E-state index in [-0.39, 0.29) is 25.4 Å². The normalized spacial score (nSPS) is 40.8. The van der Waals surface area contributed by atoms with Gasteiger partial charge in [-0.3, -0.25) is 19.2 Å². The molecule has 0 aromatic heterocycles. The minimum absolute atomic E-state index is 0.275. The van der Waals surface area contributed by atoms with Crippen molar-refractivity contribution < 1.29 is 61.8 Å². The molecule has 0 saturated carbocycles. The second-order valence-corrected chi connectivity index (χ2v) is 8.11. The van der Waals surface area contributed by atoms with Gasteiger partial charge in [-0.05, 0) is 0 Å². The van der Waals surface area contributed by atoms with Gasteiger partial charge >= 0.3 is 23.9 Å². The number of hydrogen-bond donors (Lipinski definition) is 0. The van der Waals surface area contributed by atoms with E-state index >= 15 is 0 Å². The summed E-state index contributed by atoms with van der Waals surface area (Å²) in [5, 5.41) is 0. The minimum Gasteiger partial charge on any atom is -0.463 e. The molecule has 10 atom stereocenters. The Morgan fingerprint density at radius 1 is 0.727 bits per heavy atom. The summed E-state index contributed by atoms with van der Waals surface area (Å²) in [5.41, 5.74) is 0. The van der Waals surface area contributed by atoms with Crippen molar-refractivity contribution in [2.45, 2.75) is 89.1 Å². The average molecular weight is 474 g/mol. The van der Waals surface area contributed by atoms with Crippen molar-refractivity contribution >= 4 is 23.9 Å². The molecule has 184 valence electrons. The first-order valence-corrected chi connectivity index (χ1v) is 10.5. The summed E-state index contributed by atoms with van der Waals surface area (Å²) in [5.74, 6) is -2.75. The molecule has 33 heavy (non-hydrogen) atoms. The van der Waals surface area contributed by atoms with Gasteiger partial charge in [0.25, 0.3) is 0 Å². The van der Waals surface area contributed by atoms with Gasteiger partial charge in [-0.15, -0.1) is 0 Å². The molecule has 0 aromatic carbocycles. The van der Waals surface area contributed by atoms with E-state index in [1.54, 1.807) is 0 Å². The predicted molar refractivity (Wildman–Crippen MR) is 100 cm³/mol. The molecule has 4 saturated heterocycles. The number of ether oxygens (including phenoxy) is 9. The molecule has 10 unspecified atom stereocenters. The Bertz CT molecular complexity index is 799. The van der Waals surface area contributed by atoms with Crippen molar-refractivity contribution in [3.63, 3.8) is 0 Å². The number of fused-ring (bicyclic) bond motifs is 4. The smallest absolute Gasteiger partial charge is 0.303 e. The van der Waals surface area contributed by atoms with Crippen LogP contribution in [0.3, 0.4) is 0 Å². The predicted octanol–water partition coefficient (Wildman–Crippen LogP) is -1.02. The molecular weight excluding hydrogens is 448 g/mol. The monoisotopic (exact) mass is 474 g/mol. The lowest BCUT2D eigenvalue weighted by atomic mass is 9.97. The molecule has 4 aliphatic heterocycles. The number of carbonyl (C=O) groups excluding carboxylic acids is 4. The second-order valence-electron chi connectivity index (χ2n) is 8.11. The van der Waals surface area contributed by atoms with E-state index in [2.05, 4.69) is 0 Å². The molecule has 13 heteroatoms. The molecule has 0 aromatic rings. The quantitative estimate of drug-likeness (QED) is 0.251. The second kappa shape index (κ2) is 9.50. The number of rotatable bonds is 7. The maximum absolute atomic E-state index is 11.9. The SMILES string of the molecule is CC(=O)OCC1OC(OC2C3COC(O3)C3OC23)C(OC(C)=O)C(OC(C)=O)C1OC(C)=O. The molecular formula is C20H26O13. The lowest BCUT2D eigenvalue weighted by molar-refractivity contribution is -0.324. The van der Waals surface area contributed by atoms with Gasteiger partial charge in [0.1, 0.15) is 37.1 Å². The van der Waals surface area contributed by atoms with E-state index in [4.69, 9.17) is 42.6 Å². The topological polar surface area (TPSA) is 155 Å². The average Bonchev–Trinajstić information content (AvgIpc) is 3.40. The number of epoxide rings is 1. The Morgan fingerprint density at radius 2 is 1.36 bits per heavy atom. The highest BCUT2D eigenvalue weighted by molar-refractivity contribution is 5.68. The van der Waals surface area contributed by atoms with Crippen LogP contribution in [0.2, 0.25) is 0 Å². The van der Waals surface area contributed by atoms with Crippen LogP contribution in [0.1, 0.15) is 27.7 Å². The summed E-state index contributed by atoms with van der Waals surface area (Å²) in [4.78, 5) is 46.9. The van der Waals surface area contributed by atoms with Crippen molar-refractivity contribution in [3.05, 3.63) is 0 Å².